The lowest BCUT2D eigenvalue weighted by molar-refractivity contribution is 0.0996. The Hall–Kier alpha value is -0.0900. The van der Waals surface area contributed by atoms with E-state index in [1.165, 1.54) is 38.4 Å². The molecule has 0 aromatic rings. The van der Waals surface area contributed by atoms with E-state index in [4.69, 9.17) is 5.73 Å². The topological polar surface area (TPSA) is 60.2 Å². The Labute approximate surface area is 124 Å². The molecule has 0 radical (unpaired) electrons. The fraction of sp³-hybridized carbons (Fsp3) is 1.00. The lowest BCUT2D eigenvalue weighted by Gasteiger charge is -2.43. The van der Waals surface area contributed by atoms with Gasteiger partial charge < -0.3 is 5.73 Å². The van der Waals surface area contributed by atoms with Gasteiger partial charge in [0.2, 0.25) is 0 Å². The Balaban J connectivity index is 2.07. The molecule has 2 aliphatic carbocycles. The van der Waals surface area contributed by atoms with Crippen LogP contribution in [0.25, 0.3) is 0 Å². The normalized spacial score (nSPS) is 39.6. The van der Waals surface area contributed by atoms with Crippen LogP contribution < -0.4 is 5.73 Å². The van der Waals surface area contributed by atoms with Crippen molar-refractivity contribution < 1.29 is 8.42 Å². The molecule has 0 amide bonds. The van der Waals surface area contributed by atoms with Gasteiger partial charge in [-0.1, -0.05) is 32.6 Å². The molecular weight excluding hydrogens is 270 g/mol. The second-order valence-electron chi connectivity index (χ2n) is 7.13. The first-order chi connectivity index (χ1) is 9.45. The molecule has 5 unspecified atom stereocenters. The molecule has 2 aliphatic rings. The number of hydrogen-bond acceptors (Lipinski definition) is 3. The minimum atomic E-state index is -2.87. The van der Waals surface area contributed by atoms with Crippen LogP contribution in [0, 0.1) is 23.7 Å². The highest BCUT2D eigenvalue weighted by Gasteiger charge is 2.38. The second kappa shape index (κ2) is 6.78. The third kappa shape index (κ3) is 3.76. The number of sulfone groups is 1. The summed E-state index contributed by atoms with van der Waals surface area (Å²) in [5, 5.41) is -0.0957. The van der Waals surface area contributed by atoms with E-state index in [9.17, 15) is 8.42 Å². The van der Waals surface area contributed by atoms with Crippen molar-refractivity contribution in [1.29, 1.82) is 0 Å². The van der Waals surface area contributed by atoms with Crippen molar-refractivity contribution in [1.82, 2.24) is 0 Å². The maximum absolute atomic E-state index is 11.9. The predicted octanol–water partition coefficient (Wildman–Crippen LogP) is 2.99. The minimum absolute atomic E-state index is 0.0957. The summed E-state index contributed by atoms with van der Waals surface area (Å²) in [6.45, 7) is 3.06. The van der Waals surface area contributed by atoms with E-state index in [-0.39, 0.29) is 5.25 Å². The summed E-state index contributed by atoms with van der Waals surface area (Å²) in [6.07, 6.45) is 10.6. The molecule has 2 saturated carbocycles. The van der Waals surface area contributed by atoms with Crippen molar-refractivity contribution in [3.05, 3.63) is 0 Å². The summed E-state index contributed by atoms with van der Waals surface area (Å²) in [7, 11) is -2.87. The maximum atomic E-state index is 11.9. The highest BCUT2D eigenvalue weighted by Crippen LogP contribution is 2.44. The predicted molar refractivity (Wildman–Crippen MR) is 84.3 cm³/mol. The standard InChI is InChI=1S/C16H31NO2S/c1-3-12-7-8-14(11-17)16(9-12)13-5-4-6-15(10-13)20(2,18)19/h12-16H,3-11,17H2,1-2H3. The Morgan fingerprint density at radius 3 is 2.45 bits per heavy atom. The van der Waals surface area contributed by atoms with E-state index in [0.717, 1.165) is 31.7 Å². The number of rotatable bonds is 4. The molecule has 0 heterocycles. The summed E-state index contributed by atoms with van der Waals surface area (Å²) >= 11 is 0. The zero-order valence-electron chi connectivity index (χ0n) is 13.1. The molecule has 0 aromatic carbocycles. The fourth-order valence-corrected chi connectivity index (χ4v) is 5.75. The zero-order chi connectivity index (χ0) is 14.8. The quantitative estimate of drug-likeness (QED) is 0.868. The van der Waals surface area contributed by atoms with Gasteiger partial charge in [-0.3, -0.25) is 0 Å². The van der Waals surface area contributed by atoms with E-state index in [1.807, 2.05) is 0 Å². The van der Waals surface area contributed by atoms with Crippen molar-refractivity contribution in [2.45, 2.75) is 63.5 Å². The molecule has 2 fully saturated rings. The van der Waals surface area contributed by atoms with Crippen LogP contribution in [-0.2, 0) is 9.84 Å². The zero-order valence-corrected chi connectivity index (χ0v) is 13.9. The van der Waals surface area contributed by atoms with Gasteiger partial charge in [-0.2, -0.15) is 0 Å². The van der Waals surface area contributed by atoms with Crippen molar-refractivity contribution >= 4 is 9.84 Å². The molecule has 0 spiro atoms. The van der Waals surface area contributed by atoms with Crippen LogP contribution in [0.3, 0.4) is 0 Å². The summed E-state index contributed by atoms with van der Waals surface area (Å²) < 4.78 is 23.7. The van der Waals surface area contributed by atoms with Gasteiger partial charge in [-0.25, -0.2) is 8.42 Å². The van der Waals surface area contributed by atoms with E-state index in [0.29, 0.717) is 17.8 Å². The molecule has 0 aliphatic heterocycles. The Morgan fingerprint density at radius 1 is 1.10 bits per heavy atom. The van der Waals surface area contributed by atoms with Gasteiger partial charge in [0, 0.05) is 6.26 Å². The first-order valence-corrected chi connectivity index (χ1v) is 10.3. The molecule has 2 N–H and O–H groups in total. The van der Waals surface area contributed by atoms with Gasteiger partial charge in [0.1, 0.15) is 9.84 Å². The van der Waals surface area contributed by atoms with Gasteiger partial charge in [-0.05, 0) is 55.9 Å². The van der Waals surface area contributed by atoms with Gasteiger partial charge in [0.15, 0.2) is 0 Å². The monoisotopic (exact) mass is 301 g/mol. The number of hydrogen-bond donors (Lipinski definition) is 1. The first-order valence-electron chi connectivity index (χ1n) is 8.34. The molecule has 3 nitrogen and oxygen atoms in total. The minimum Gasteiger partial charge on any atom is -0.330 e. The lowest BCUT2D eigenvalue weighted by atomic mass is 9.65. The third-order valence-electron chi connectivity index (χ3n) is 5.91. The van der Waals surface area contributed by atoms with E-state index in [2.05, 4.69) is 6.92 Å². The first kappa shape index (κ1) is 16.3. The van der Waals surface area contributed by atoms with Crippen molar-refractivity contribution in [3.63, 3.8) is 0 Å². The van der Waals surface area contributed by atoms with Crippen molar-refractivity contribution in [2.24, 2.45) is 29.4 Å². The van der Waals surface area contributed by atoms with Gasteiger partial charge in [0.25, 0.3) is 0 Å². The summed E-state index contributed by atoms with van der Waals surface area (Å²) in [6, 6.07) is 0. The van der Waals surface area contributed by atoms with Gasteiger partial charge in [-0.15, -0.1) is 0 Å². The van der Waals surface area contributed by atoms with Crippen LogP contribution in [0.4, 0.5) is 0 Å². The van der Waals surface area contributed by atoms with E-state index >= 15 is 0 Å². The van der Waals surface area contributed by atoms with Gasteiger partial charge >= 0.3 is 0 Å². The smallest absolute Gasteiger partial charge is 0.150 e. The van der Waals surface area contributed by atoms with Crippen LogP contribution in [0.15, 0.2) is 0 Å². The Bertz CT molecular complexity index is 407. The van der Waals surface area contributed by atoms with E-state index < -0.39 is 9.84 Å². The summed E-state index contributed by atoms with van der Waals surface area (Å²) in [5.74, 6) is 2.72. The van der Waals surface area contributed by atoms with Crippen LogP contribution in [0.1, 0.15) is 58.3 Å². The number of nitrogens with two attached hydrogens (primary N) is 1. The molecule has 4 heteroatoms. The lowest BCUT2D eigenvalue weighted by Crippen LogP contribution is -2.39. The maximum Gasteiger partial charge on any atom is 0.150 e. The molecule has 0 bridgehead atoms. The Kier molecular flexibility index (Phi) is 5.52. The third-order valence-corrected chi connectivity index (χ3v) is 7.55. The second-order valence-corrected chi connectivity index (χ2v) is 9.45. The summed E-state index contributed by atoms with van der Waals surface area (Å²) in [4.78, 5) is 0. The average molecular weight is 301 g/mol. The van der Waals surface area contributed by atoms with Crippen LogP contribution >= 0.6 is 0 Å². The summed E-state index contributed by atoms with van der Waals surface area (Å²) in [5.41, 5.74) is 5.99. The highest BCUT2D eigenvalue weighted by atomic mass is 32.2. The average Bonchev–Trinajstić information content (AvgIpc) is 2.45. The molecule has 118 valence electrons. The van der Waals surface area contributed by atoms with Gasteiger partial charge in [0.05, 0.1) is 5.25 Å². The Morgan fingerprint density at radius 2 is 1.85 bits per heavy atom. The molecular formula is C16H31NO2S. The van der Waals surface area contributed by atoms with E-state index in [1.54, 1.807) is 0 Å². The van der Waals surface area contributed by atoms with Crippen molar-refractivity contribution in [2.75, 3.05) is 12.8 Å². The van der Waals surface area contributed by atoms with Crippen LogP contribution in [-0.4, -0.2) is 26.5 Å². The SMILES string of the molecule is CCC1CCC(CN)C(C2CCCC(S(C)(=O)=O)C2)C1. The molecule has 0 aromatic heterocycles. The molecule has 5 atom stereocenters. The van der Waals surface area contributed by atoms with Crippen LogP contribution in [0.2, 0.25) is 0 Å². The van der Waals surface area contributed by atoms with Crippen LogP contribution in [0.5, 0.6) is 0 Å². The largest absolute Gasteiger partial charge is 0.330 e. The molecule has 2 rings (SSSR count). The molecule has 0 saturated heterocycles. The highest BCUT2D eigenvalue weighted by molar-refractivity contribution is 7.91. The molecule has 20 heavy (non-hydrogen) atoms. The fourth-order valence-electron chi connectivity index (χ4n) is 4.56. The van der Waals surface area contributed by atoms with Crippen molar-refractivity contribution in [3.8, 4) is 0 Å².